The molecule has 1 aromatic rings. The van der Waals surface area contributed by atoms with Gasteiger partial charge in [0.15, 0.2) is 9.84 Å². The van der Waals surface area contributed by atoms with E-state index in [-0.39, 0.29) is 24.5 Å². The highest BCUT2D eigenvalue weighted by Crippen LogP contribution is 2.19. The Hall–Kier alpha value is -2.12. The van der Waals surface area contributed by atoms with Crippen LogP contribution >= 0.6 is 0 Å². The molecule has 0 spiro atoms. The largest absolute Gasteiger partial charge is 0.352 e. The molecule has 1 N–H and O–H groups in total. The molecular formula is C15H19N3O5S2. The van der Waals surface area contributed by atoms with Gasteiger partial charge in [0, 0.05) is 19.0 Å². The molecule has 2 rings (SSSR count). The highest BCUT2D eigenvalue weighted by Gasteiger charge is 2.29. The number of sulfone groups is 1. The van der Waals surface area contributed by atoms with Gasteiger partial charge in [-0.3, -0.25) is 9.10 Å². The van der Waals surface area contributed by atoms with Crippen molar-refractivity contribution >= 4 is 31.5 Å². The molecule has 1 aromatic carbocycles. The van der Waals surface area contributed by atoms with Crippen LogP contribution in [0.15, 0.2) is 24.3 Å². The van der Waals surface area contributed by atoms with Crippen LogP contribution < -0.4 is 9.62 Å². The van der Waals surface area contributed by atoms with Gasteiger partial charge in [0.1, 0.15) is 0 Å². The molecule has 8 nitrogen and oxygen atoms in total. The third kappa shape index (κ3) is 5.44. The fourth-order valence-electron chi connectivity index (χ4n) is 2.60. The molecule has 1 aliphatic rings. The van der Waals surface area contributed by atoms with Gasteiger partial charge in [-0.05, 0) is 30.7 Å². The first-order valence-corrected chi connectivity index (χ1v) is 11.3. The summed E-state index contributed by atoms with van der Waals surface area (Å²) in [6, 6.07) is 7.53. The quantitative estimate of drug-likeness (QED) is 0.736. The van der Waals surface area contributed by atoms with Gasteiger partial charge in [-0.2, -0.15) is 5.26 Å². The van der Waals surface area contributed by atoms with Crippen LogP contribution in [0, 0.1) is 11.3 Å². The van der Waals surface area contributed by atoms with E-state index in [1.807, 2.05) is 6.07 Å². The highest BCUT2D eigenvalue weighted by atomic mass is 32.2. The minimum Gasteiger partial charge on any atom is -0.352 e. The number of nitrogens with zero attached hydrogens (tertiary/aromatic N) is 2. The van der Waals surface area contributed by atoms with Gasteiger partial charge in [0.25, 0.3) is 0 Å². The lowest BCUT2D eigenvalue weighted by Crippen LogP contribution is -2.39. The zero-order valence-electron chi connectivity index (χ0n) is 13.7. The Morgan fingerprint density at radius 3 is 2.48 bits per heavy atom. The van der Waals surface area contributed by atoms with Crippen LogP contribution in [0.25, 0.3) is 0 Å². The van der Waals surface area contributed by atoms with Crippen LogP contribution in [-0.2, 0) is 24.7 Å². The van der Waals surface area contributed by atoms with Gasteiger partial charge in [-0.25, -0.2) is 16.8 Å². The van der Waals surface area contributed by atoms with Gasteiger partial charge in [0.2, 0.25) is 15.9 Å². The Kier molecular flexibility index (Phi) is 5.69. The van der Waals surface area contributed by atoms with E-state index in [1.54, 1.807) is 0 Å². The van der Waals surface area contributed by atoms with Crippen LogP contribution in [0.3, 0.4) is 0 Å². The molecule has 1 unspecified atom stereocenters. The number of hydrogen-bond donors (Lipinski definition) is 1. The fourth-order valence-corrected chi connectivity index (χ4v) is 5.20. The molecule has 0 saturated carbocycles. The number of carbonyl (C=O) groups excluding carboxylic acids is 1. The number of benzene rings is 1. The van der Waals surface area contributed by atoms with Gasteiger partial charge < -0.3 is 5.32 Å². The van der Waals surface area contributed by atoms with Gasteiger partial charge in [-0.15, -0.1) is 0 Å². The van der Waals surface area contributed by atoms with E-state index >= 15 is 0 Å². The Morgan fingerprint density at radius 2 is 2.00 bits per heavy atom. The summed E-state index contributed by atoms with van der Waals surface area (Å²) in [7, 11) is -6.70. The van der Waals surface area contributed by atoms with E-state index in [1.165, 1.54) is 24.3 Å². The van der Waals surface area contributed by atoms with Gasteiger partial charge >= 0.3 is 0 Å². The molecule has 0 aliphatic carbocycles. The molecule has 0 aromatic heterocycles. The van der Waals surface area contributed by atoms with Crippen LogP contribution in [-0.4, -0.2) is 53.1 Å². The van der Waals surface area contributed by atoms with E-state index in [0.717, 1.165) is 10.6 Å². The molecule has 1 amide bonds. The van der Waals surface area contributed by atoms with E-state index in [0.29, 0.717) is 17.7 Å². The predicted octanol–water partition coefficient (Wildman–Crippen LogP) is 0.0177. The summed E-state index contributed by atoms with van der Waals surface area (Å²) < 4.78 is 47.8. The standard InChI is InChI=1S/C15H19N3O5S2/c1-24(20,21)18(14-4-2-12(10-16)3-5-14)8-6-15(19)17-13-7-9-25(22,23)11-13/h2-5,13H,6-9,11H2,1H3,(H,17,19). The Bertz CT molecular complexity index is 886. The monoisotopic (exact) mass is 385 g/mol. The summed E-state index contributed by atoms with van der Waals surface area (Å²) in [6.45, 7) is -0.0734. The number of amides is 1. The Labute approximate surface area is 147 Å². The number of carbonyl (C=O) groups is 1. The maximum atomic E-state index is 12.0. The minimum atomic E-state index is -3.60. The average Bonchev–Trinajstić information content (AvgIpc) is 2.85. The first-order valence-electron chi connectivity index (χ1n) is 7.58. The van der Waals surface area contributed by atoms with Crippen molar-refractivity contribution in [1.29, 1.82) is 5.26 Å². The number of anilines is 1. The van der Waals surface area contributed by atoms with Crippen molar-refractivity contribution in [3.05, 3.63) is 29.8 Å². The molecular weight excluding hydrogens is 366 g/mol. The van der Waals surface area contributed by atoms with Crippen molar-refractivity contribution in [1.82, 2.24) is 5.32 Å². The molecule has 25 heavy (non-hydrogen) atoms. The van der Waals surface area contributed by atoms with Crippen molar-refractivity contribution in [3.63, 3.8) is 0 Å². The smallest absolute Gasteiger partial charge is 0.232 e. The average molecular weight is 385 g/mol. The topological polar surface area (TPSA) is 124 Å². The summed E-state index contributed by atoms with van der Waals surface area (Å²) in [6.07, 6.45) is 1.32. The Balaban J connectivity index is 2.01. The summed E-state index contributed by atoms with van der Waals surface area (Å²) in [4.78, 5) is 12.0. The number of nitriles is 1. The van der Waals surface area contributed by atoms with Crippen molar-refractivity contribution in [2.24, 2.45) is 0 Å². The number of rotatable bonds is 6. The predicted molar refractivity (Wildman–Crippen MR) is 93.2 cm³/mol. The summed E-state index contributed by atoms with van der Waals surface area (Å²) in [5.41, 5.74) is 0.759. The summed E-state index contributed by atoms with van der Waals surface area (Å²) >= 11 is 0. The minimum absolute atomic E-state index is 0.0542. The summed E-state index contributed by atoms with van der Waals surface area (Å²) in [5, 5.41) is 11.4. The summed E-state index contributed by atoms with van der Waals surface area (Å²) in [5.74, 6) is -0.424. The molecule has 136 valence electrons. The molecule has 1 fully saturated rings. The van der Waals surface area contributed by atoms with Crippen LogP contribution in [0.2, 0.25) is 0 Å². The van der Waals surface area contributed by atoms with Gasteiger partial charge in [0.05, 0.1) is 35.1 Å². The maximum Gasteiger partial charge on any atom is 0.232 e. The van der Waals surface area contributed by atoms with Crippen LogP contribution in [0.5, 0.6) is 0 Å². The second kappa shape index (κ2) is 7.41. The van der Waals surface area contributed by atoms with Gasteiger partial charge in [-0.1, -0.05) is 0 Å². The zero-order valence-corrected chi connectivity index (χ0v) is 15.3. The first-order chi connectivity index (χ1) is 11.6. The highest BCUT2D eigenvalue weighted by molar-refractivity contribution is 7.92. The second-order valence-electron chi connectivity index (χ2n) is 5.91. The van der Waals surface area contributed by atoms with E-state index in [9.17, 15) is 21.6 Å². The molecule has 1 heterocycles. The van der Waals surface area contributed by atoms with Crippen molar-refractivity contribution < 1.29 is 21.6 Å². The van der Waals surface area contributed by atoms with Crippen molar-refractivity contribution in [2.45, 2.75) is 18.9 Å². The third-order valence-electron chi connectivity index (χ3n) is 3.82. The van der Waals surface area contributed by atoms with Crippen molar-refractivity contribution in [3.8, 4) is 6.07 Å². The molecule has 1 saturated heterocycles. The lowest BCUT2D eigenvalue weighted by molar-refractivity contribution is -0.121. The van der Waals surface area contributed by atoms with Crippen LogP contribution in [0.1, 0.15) is 18.4 Å². The third-order valence-corrected chi connectivity index (χ3v) is 6.79. The zero-order chi connectivity index (χ0) is 18.7. The van der Waals surface area contributed by atoms with Crippen LogP contribution in [0.4, 0.5) is 5.69 Å². The number of sulfonamides is 1. The lowest BCUT2D eigenvalue weighted by atomic mass is 10.2. The number of nitrogens with one attached hydrogen (secondary N) is 1. The van der Waals surface area contributed by atoms with E-state index in [4.69, 9.17) is 5.26 Å². The molecule has 10 heteroatoms. The fraction of sp³-hybridized carbons (Fsp3) is 0.467. The maximum absolute atomic E-state index is 12.0. The van der Waals surface area contributed by atoms with E-state index < -0.39 is 31.8 Å². The lowest BCUT2D eigenvalue weighted by Gasteiger charge is -2.22. The van der Waals surface area contributed by atoms with E-state index in [2.05, 4.69) is 5.32 Å². The first kappa shape index (κ1) is 19.2. The second-order valence-corrected chi connectivity index (χ2v) is 10.0. The molecule has 0 bridgehead atoms. The molecule has 1 aliphatic heterocycles. The molecule has 1 atom stereocenters. The Morgan fingerprint density at radius 1 is 1.36 bits per heavy atom. The molecule has 0 radical (unpaired) electrons. The SMILES string of the molecule is CS(=O)(=O)N(CCC(=O)NC1CCS(=O)(=O)C1)c1ccc(C#N)cc1. The van der Waals surface area contributed by atoms with Crippen molar-refractivity contribution in [2.75, 3.05) is 28.6 Å². The number of hydrogen-bond acceptors (Lipinski definition) is 6. The normalized spacial score (nSPS) is 19.1.